The van der Waals surface area contributed by atoms with Crippen molar-refractivity contribution in [2.24, 2.45) is 0 Å². The van der Waals surface area contributed by atoms with Crippen LogP contribution in [0.4, 0.5) is 0 Å². The smallest absolute Gasteiger partial charge is 0.255 e. The molecule has 360 valence electrons. The maximum absolute atomic E-state index is 13.6. The van der Waals surface area contributed by atoms with Crippen molar-refractivity contribution in [2.75, 3.05) is 58.9 Å². The minimum absolute atomic E-state index is 0.00497. The number of hydrogen-bond acceptors (Lipinski definition) is 10. The highest BCUT2D eigenvalue weighted by Crippen LogP contribution is 2.30. The number of para-hydroxylation sites is 1. The number of imide groups is 1. The van der Waals surface area contributed by atoms with Crippen LogP contribution in [0, 0.1) is 23.7 Å². The summed E-state index contributed by atoms with van der Waals surface area (Å²) in [5, 5.41) is 3.41. The fourth-order valence-electron chi connectivity index (χ4n) is 10.5. The Morgan fingerprint density at radius 1 is 0.708 bits per heavy atom. The second-order valence-electron chi connectivity index (χ2n) is 19.3. The van der Waals surface area contributed by atoms with E-state index in [2.05, 4.69) is 96.2 Å². The molecule has 6 aromatic rings. The van der Waals surface area contributed by atoms with Crippen molar-refractivity contribution >= 4 is 46.7 Å². The van der Waals surface area contributed by atoms with Crippen LogP contribution in [0.25, 0.3) is 34.4 Å². The number of rotatable bonds is 8. The molecule has 3 saturated heterocycles. The summed E-state index contributed by atoms with van der Waals surface area (Å²) in [6.45, 7) is 8.96. The molecule has 0 spiro atoms. The topological polar surface area (TPSA) is 135 Å². The number of fused-ring (bicyclic) bond motifs is 3. The van der Waals surface area contributed by atoms with Crippen LogP contribution < -0.4 is 5.32 Å². The lowest BCUT2D eigenvalue weighted by Gasteiger charge is -2.42. The third kappa shape index (κ3) is 10.3. The lowest BCUT2D eigenvalue weighted by Crippen LogP contribution is -2.53. The zero-order valence-electron chi connectivity index (χ0n) is 40.2. The molecule has 11 rings (SSSR count). The zero-order valence-corrected chi connectivity index (χ0v) is 40.2. The number of hydrogen-bond donors (Lipinski definition) is 1. The minimum Gasteiger partial charge on any atom is -0.332 e. The highest BCUT2D eigenvalue weighted by atomic mass is 16.2. The average molecular weight is 954 g/mol. The first-order chi connectivity index (χ1) is 35.3. The number of likely N-dealkylation sites (tertiary alicyclic amines) is 1. The van der Waals surface area contributed by atoms with Crippen LogP contribution in [0.2, 0.25) is 0 Å². The number of nitrogens with one attached hydrogen (secondary N) is 1. The SMILES string of the molecule is O=C1CCC(N2Cc3c(C#CCN4CCC(N5CCN(CC#Cc6ccc(/C=C/c7ccc(C(=O)N8CCc9cnc(-c%10cnc%11ccccc%11c%10)nc9C8)cc7)cc6)CC5)CC4)cccc3C2=O)C(=O)N1. The van der Waals surface area contributed by atoms with Crippen LogP contribution in [-0.4, -0.2) is 134 Å². The van der Waals surface area contributed by atoms with Gasteiger partial charge in [0.25, 0.3) is 11.8 Å². The van der Waals surface area contributed by atoms with E-state index in [-0.39, 0.29) is 24.1 Å². The van der Waals surface area contributed by atoms with Crippen LogP contribution >= 0.6 is 0 Å². The van der Waals surface area contributed by atoms with Gasteiger partial charge in [-0.15, -0.1) is 0 Å². The van der Waals surface area contributed by atoms with E-state index >= 15 is 0 Å². The van der Waals surface area contributed by atoms with Crippen molar-refractivity contribution in [2.45, 2.75) is 57.3 Å². The molecule has 4 amide bonds. The summed E-state index contributed by atoms with van der Waals surface area (Å²) in [5.41, 5.74) is 9.78. The second kappa shape index (κ2) is 20.9. The quantitative estimate of drug-likeness (QED) is 0.105. The molecule has 13 nitrogen and oxygen atoms in total. The molecule has 0 saturated carbocycles. The molecule has 2 aromatic heterocycles. The highest BCUT2D eigenvalue weighted by Gasteiger charge is 2.40. The van der Waals surface area contributed by atoms with Crippen LogP contribution in [0.15, 0.2) is 109 Å². The predicted octanol–water partition coefficient (Wildman–Crippen LogP) is 6.31. The fraction of sp³-hybridized carbons (Fsp3) is 0.305. The van der Waals surface area contributed by atoms with Gasteiger partial charge in [0.05, 0.1) is 30.8 Å². The number of carbonyl (C=O) groups excluding carboxylic acids is 4. The molecule has 5 aliphatic heterocycles. The molecular weight excluding hydrogens is 899 g/mol. The largest absolute Gasteiger partial charge is 0.332 e. The van der Waals surface area contributed by atoms with Crippen molar-refractivity contribution in [1.82, 2.24) is 44.8 Å². The predicted molar refractivity (Wildman–Crippen MR) is 277 cm³/mol. The Morgan fingerprint density at radius 3 is 2.22 bits per heavy atom. The number of carbonyl (C=O) groups is 4. The minimum atomic E-state index is -0.632. The zero-order chi connectivity index (χ0) is 49.0. The van der Waals surface area contributed by atoms with Gasteiger partial charge in [0.2, 0.25) is 11.8 Å². The van der Waals surface area contributed by atoms with Gasteiger partial charge >= 0.3 is 0 Å². The summed E-state index contributed by atoms with van der Waals surface area (Å²) in [6, 6.07) is 31.7. The summed E-state index contributed by atoms with van der Waals surface area (Å²) in [5.74, 6) is 13.2. The molecule has 0 radical (unpaired) electrons. The molecular formula is C59H55N9O4. The third-order valence-corrected chi connectivity index (χ3v) is 14.7. The number of piperazine rings is 1. The Labute approximate surface area is 419 Å². The van der Waals surface area contributed by atoms with Gasteiger partial charge in [-0.3, -0.25) is 44.2 Å². The van der Waals surface area contributed by atoms with Crippen molar-refractivity contribution in [1.29, 1.82) is 0 Å². The highest BCUT2D eigenvalue weighted by molar-refractivity contribution is 6.05. The normalized spacial score (nSPS) is 18.8. The van der Waals surface area contributed by atoms with Gasteiger partial charge in [-0.05, 0) is 96.5 Å². The maximum Gasteiger partial charge on any atom is 0.255 e. The first-order valence-corrected chi connectivity index (χ1v) is 25.1. The number of amides is 4. The van der Waals surface area contributed by atoms with Crippen molar-refractivity contribution in [3.63, 3.8) is 0 Å². The number of piperidine rings is 2. The molecule has 1 N–H and O–H groups in total. The molecule has 0 bridgehead atoms. The molecule has 7 heterocycles. The third-order valence-electron chi connectivity index (χ3n) is 14.7. The number of nitrogens with zero attached hydrogens (tertiary/aromatic N) is 8. The van der Waals surface area contributed by atoms with Gasteiger partial charge in [-0.2, -0.15) is 0 Å². The molecule has 13 heteroatoms. The molecule has 5 aliphatic rings. The van der Waals surface area contributed by atoms with Crippen LogP contribution in [0.1, 0.15) is 85.5 Å². The summed E-state index contributed by atoms with van der Waals surface area (Å²) in [4.78, 5) is 76.1. The summed E-state index contributed by atoms with van der Waals surface area (Å²) in [6.07, 6.45) is 11.4. The van der Waals surface area contributed by atoms with E-state index in [1.54, 1.807) is 11.0 Å². The summed E-state index contributed by atoms with van der Waals surface area (Å²) in [7, 11) is 0. The van der Waals surface area contributed by atoms with E-state index in [1.165, 1.54) is 0 Å². The average Bonchev–Trinajstić information content (AvgIpc) is 3.76. The second-order valence-corrected chi connectivity index (χ2v) is 19.3. The van der Waals surface area contributed by atoms with E-state index in [0.717, 1.165) is 114 Å². The Kier molecular flexibility index (Phi) is 13.5. The first kappa shape index (κ1) is 46.6. The lowest BCUT2D eigenvalue weighted by molar-refractivity contribution is -0.136. The van der Waals surface area contributed by atoms with Gasteiger partial charge in [0.1, 0.15) is 6.04 Å². The number of aromatic nitrogens is 3. The maximum atomic E-state index is 13.6. The van der Waals surface area contributed by atoms with Gasteiger partial charge in [0, 0.05) is 110 Å². The standard InChI is InChI=1S/C59H55N9O4/c69-55-23-22-54(57(70)63-55)68-39-51-44(8-3-10-50(51)59(68)72)9-5-28-64-29-25-49(26-30-64)66-34-32-65(33-35-66)27-4-6-41-12-14-42(15-13-41)16-17-43-18-20-45(21-19-43)58(71)67-31-24-47-37-61-56(62-53(47)40-67)48-36-46-7-1-2-11-52(46)60-38-48/h1-3,7-8,10-21,36-38,49,54H,22-35,39-40H2,(H,63,69,70)/b17-16+. The fourth-order valence-corrected chi connectivity index (χ4v) is 10.5. The van der Waals surface area contributed by atoms with E-state index in [1.807, 2.05) is 78.0 Å². The van der Waals surface area contributed by atoms with Gasteiger partial charge in [-0.1, -0.05) is 84.4 Å². The van der Waals surface area contributed by atoms with Crippen LogP contribution in [0.5, 0.6) is 0 Å². The van der Waals surface area contributed by atoms with E-state index in [4.69, 9.17) is 4.98 Å². The van der Waals surface area contributed by atoms with Gasteiger partial charge in [-0.25, -0.2) is 9.97 Å². The van der Waals surface area contributed by atoms with E-state index in [9.17, 15) is 19.2 Å². The van der Waals surface area contributed by atoms with Gasteiger partial charge in [0.15, 0.2) is 5.82 Å². The molecule has 1 unspecified atom stereocenters. The van der Waals surface area contributed by atoms with Crippen LogP contribution in [0.3, 0.4) is 0 Å². The lowest BCUT2D eigenvalue weighted by atomic mass is 10.0. The molecule has 72 heavy (non-hydrogen) atoms. The number of pyridine rings is 1. The monoisotopic (exact) mass is 953 g/mol. The number of benzene rings is 4. The summed E-state index contributed by atoms with van der Waals surface area (Å²) >= 11 is 0. The van der Waals surface area contributed by atoms with E-state index < -0.39 is 11.9 Å². The summed E-state index contributed by atoms with van der Waals surface area (Å²) < 4.78 is 0. The molecule has 0 aliphatic carbocycles. The van der Waals surface area contributed by atoms with Crippen molar-refractivity contribution in [3.05, 3.63) is 160 Å². The van der Waals surface area contributed by atoms with Crippen molar-refractivity contribution in [3.8, 4) is 35.1 Å². The molecule has 3 fully saturated rings. The van der Waals surface area contributed by atoms with E-state index in [0.29, 0.717) is 62.0 Å². The van der Waals surface area contributed by atoms with Gasteiger partial charge < -0.3 is 9.80 Å². The Balaban J connectivity index is 0.599. The Morgan fingerprint density at radius 2 is 1.44 bits per heavy atom. The molecule has 1 atom stereocenters. The Bertz CT molecular complexity index is 3220. The van der Waals surface area contributed by atoms with Crippen LogP contribution in [-0.2, 0) is 29.1 Å². The molecule has 4 aromatic carbocycles. The first-order valence-electron chi connectivity index (χ1n) is 25.1. The Hall–Kier alpha value is -7.81. The van der Waals surface area contributed by atoms with Crippen molar-refractivity contribution < 1.29 is 19.2 Å².